The van der Waals surface area contributed by atoms with E-state index in [1.165, 1.54) is 43.4 Å². The lowest BCUT2D eigenvalue weighted by atomic mass is 9.84. The lowest BCUT2D eigenvalue weighted by molar-refractivity contribution is 0.0495. The molecule has 1 heterocycles. The number of nitrogens with zero attached hydrogens (tertiary/aromatic N) is 2. The topological polar surface area (TPSA) is 36.9 Å². The summed E-state index contributed by atoms with van der Waals surface area (Å²) in [6.07, 6.45) is 18.0. The molecule has 1 saturated carbocycles. The highest BCUT2D eigenvalue weighted by Crippen LogP contribution is 2.32. The number of hydrogen-bond donors (Lipinski definition) is 1. The van der Waals surface area contributed by atoms with Crippen LogP contribution in [0.15, 0.2) is 28.7 Å². The minimum Gasteiger partial charge on any atom is -0.477 e. The second-order valence-corrected chi connectivity index (χ2v) is 7.90. The summed E-state index contributed by atoms with van der Waals surface area (Å²) < 4.78 is 6.30. The van der Waals surface area contributed by atoms with E-state index in [1.807, 2.05) is 13.1 Å². The molecule has 4 heteroatoms. The molecule has 2 aliphatic rings. The minimum atomic E-state index is 0.344. The van der Waals surface area contributed by atoms with Gasteiger partial charge in [-0.1, -0.05) is 37.7 Å². The Hall–Kier alpha value is -1.73. The second kappa shape index (κ2) is 11.2. The van der Waals surface area contributed by atoms with E-state index in [4.69, 9.17) is 16.3 Å². The summed E-state index contributed by atoms with van der Waals surface area (Å²) in [7, 11) is 1.97. The zero-order valence-corrected chi connectivity index (χ0v) is 17.6. The highest BCUT2D eigenvalue weighted by atomic mass is 16.5. The van der Waals surface area contributed by atoms with Crippen molar-refractivity contribution < 1.29 is 4.74 Å². The van der Waals surface area contributed by atoms with Gasteiger partial charge in [-0.05, 0) is 58.2 Å². The predicted molar refractivity (Wildman–Crippen MR) is 114 cm³/mol. The molecule has 0 aromatic heterocycles. The van der Waals surface area contributed by atoms with Gasteiger partial charge in [0.1, 0.15) is 0 Å². The smallest absolute Gasteiger partial charge is 0.206 e. The maximum atomic E-state index is 6.30. The first-order chi connectivity index (χ1) is 13.1. The first kappa shape index (κ1) is 21.6. The van der Waals surface area contributed by atoms with Gasteiger partial charge in [-0.3, -0.25) is 0 Å². The van der Waals surface area contributed by atoms with Crippen LogP contribution in [0.5, 0.6) is 0 Å². The Morgan fingerprint density at radius 2 is 2.19 bits per heavy atom. The van der Waals surface area contributed by atoms with Crippen molar-refractivity contribution >= 4 is 5.71 Å². The summed E-state index contributed by atoms with van der Waals surface area (Å²) >= 11 is 0. The van der Waals surface area contributed by atoms with Crippen molar-refractivity contribution in [3.05, 3.63) is 23.6 Å². The monoisotopic (exact) mass is 371 g/mol. The average Bonchev–Trinajstić information content (AvgIpc) is 2.70. The van der Waals surface area contributed by atoms with Crippen molar-refractivity contribution in [3.63, 3.8) is 0 Å². The van der Waals surface area contributed by atoms with E-state index in [2.05, 4.69) is 43.1 Å². The van der Waals surface area contributed by atoms with Crippen LogP contribution in [0.4, 0.5) is 0 Å². The second-order valence-electron chi connectivity index (χ2n) is 7.90. The summed E-state index contributed by atoms with van der Waals surface area (Å²) in [5.41, 5.74) is 2.38. The van der Waals surface area contributed by atoms with Crippen molar-refractivity contribution in [1.29, 1.82) is 0 Å². The van der Waals surface area contributed by atoms with Crippen molar-refractivity contribution in [2.45, 2.75) is 71.8 Å². The van der Waals surface area contributed by atoms with Crippen LogP contribution in [-0.2, 0) is 4.74 Å². The third-order valence-electron chi connectivity index (χ3n) is 5.97. The first-order valence-corrected chi connectivity index (χ1v) is 10.6. The Morgan fingerprint density at radius 3 is 2.81 bits per heavy atom. The van der Waals surface area contributed by atoms with Crippen molar-refractivity contribution in [3.8, 4) is 12.3 Å². The van der Waals surface area contributed by atoms with Crippen molar-refractivity contribution in [2.75, 3.05) is 20.2 Å². The van der Waals surface area contributed by atoms with Crippen LogP contribution in [0.1, 0.15) is 65.7 Å². The quantitative estimate of drug-likeness (QED) is 0.597. The van der Waals surface area contributed by atoms with Crippen LogP contribution < -0.4 is 5.32 Å². The van der Waals surface area contributed by atoms with Gasteiger partial charge in [0.2, 0.25) is 5.88 Å². The van der Waals surface area contributed by atoms with E-state index >= 15 is 0 Å². The lowest BCUT2D eigenvalue weighted by Gasteiger charge is -2.37. The number of nitrogens with one attached hydrogen (secondary N) is 1. The number of allylic oxidation sites excluding steroid dienone is 2. The van der Waals surface area contributed by atoms with Gasteiger partial charge in [-0.2, -0.15) is 5.10 Å². The molecule has 0 aromatic carbocycles. The summed E-state index contributed by atoms with van der Waals surface area (Å²) in [6.45, 7) is 8.05. The van der Waals surface area contributed by atoms with Crippen LogP contribution in [0.25, 0.3) is 0 Å². The van der Waals surface area contributed by atoms with Gasteiger partial charge < -0.3 is 10.1 Å². The molecule has 0 spiro atoms. The average molecular weight is 372 g/mol. The molecule has 0 aromatic rings. The van der Waals surface area contributed by atoms with Gasteiger partial charge in [0.05, 0.1) is 18.4 Å². The van der Waals surface area contributed by atoms with Crippen LogP contribution in [0.3, 0.4) is 0 Å². The lowest BCUT2D eigenvalue weighted by Crippen LogP contribution is -2.39. The first-order valence-electron chi connectivity index (χ1n) is 10.6. The van der Waals surface area contributed by atoms with Gasteiger partial charge in [0.15, 0.2) is 0 Å². The third kappa shape index (κ3) is 6.14. The molecule has 2 unspecified atom stereocenters. The van der Waals surface area contributed by atoms with Gasteiger partial charge in [-0.15, -0.1) is 6.42 Å². The number of hydrazone groups is 1. The minimum absolute atomic E-state index is 0.344. The van der Waals surface area contributed by atoms with Crippen molar-refractivity contribution in [1.82, 2.24) is 10.3 Å². The summed E-state index contributed by atoms with van der Waals surface area (Å²) in [5, 5.41) is 10.3. The number of hydrogen-bond acceptors (Lipinski definition) is 4. The molecule has 150 valence electrons. The molecular weight excluding hydrogens is 334 g/mol. The fourth-order valence-electron chi connectivity index (χ4n) is 4.09. The van der Waals surface area contributed by atoms with Crippen LogP contribution >= 0.6 is 0 Å². The third-order valence-corrected chi connectivity index (χ3v) is 5.97. The van der Waals surface area contributed by atoms with E-state index in [1.54, 1.807) is 0 Å². The molecule has 0 amide bonds. The Labute approximate surface area is 166 Å². The van der Waals surface area contributed by atoms with E-state index < -0.39 is 0 Å². The van der Waals surface area contributed by atoms with Crippen LogP contribution in [0, 0.1) is 24.2 Å². The number of terminal acetylenes is 1. The highest BCUT2D eigenvalue weighted by Gasteiger charge is 2.29. The van der Waals surface area contributed by atoms with E-state index in [0.29, 0.717) is 24.5 Å². The Balaban J connectivity index is 2.09. The highest BCUT2D eigenvalue weighted by molar-refractivity contribution is 5.88. The van der Waals surface area contributed by atoms with Crippen molar-refractivity contribution in [2.24, 2.45) is 16.9 Å². The van der Waals surface area contributed by atoms with Gasteiger partial charge in [0, 0.05) is 18.9 Å². The maximum absolute atomic E-state index is 6.30. The zero-order chi connectivity index (χ0) is 19.6. The zero-order valence-electron chi connectivity index (χ0n) is 17.6. The van der Waals surface area contributed by atoms with E-state index in [0.717, 1.165) is 25.3 Å². The summed E-state index contributed by atoms with van der Waals surface area (Å²) in [4.78, 5) is 0. The largest absolute Gasteiger partial charge is 0.477 e. The molecular formula is C23H37N3O. The molecule has 1 aliphatic heterocycles. The predicted octanol–water partition coefficient (Wildman–Crippen LogP) is 4.70. The van der Waals surface area contributed by atoms with Gasteiger partial charge in [0.25, 0.3) is 0 Å². The molecule has 1 fully saturated rings. The molecule has 1 N–H and O–H groups in total. The Kier molecular flexibility index (Phi) is 8.94. The Morgan fingerprint density at radius 1 is 1.44 bits per heavy atom. The molecule has 0 radical (unpaired) electrons. The van der Waals surface area contributed by atoms with Gasteiger partial charge >= 0.3 is 0 Å². The SMILES string of the molecule is C#C/C=C(/C)C(CC)COC1=CCC(CNC)=NN1C(C)C1CCCCC1. The fraction of sp³-hybridized carbons (Fsp3) is 0.696. The molecule has 1 aliphatic carbocycles. The molecule has 0 saturated heterocycles. The van der Waals surface area contributed by atoms with Crippen LogP contribution in [-0.4, -0.2) is 37.0 Å². The van der Waals surface area contributed by atoms with E-state index in [-0.39, 0.29) is 0 Å². The Bertz CT molecular complexity index is 593. The summed E-state index contributed by atoms with van der Waals surface area (Å²) in [5.74, 6) is 4.59. The van der Waals surface area contributed by atoms with Gasteiger partial charge in [-0.25, -0.2) is 5.01 Å². The molecule has 27 heavy (non-hydrogen) atoms. The normalized spacial score (nSPS) is 21.1. The molecule has 2 rings (SSSR count). The molecule has 2 atom stereocenters. The number of rotatable bonds is 9. The molecule has 4 nitrogen and oxygen atoms in total. The van der Waals surface area contributed by atoms with Crippen LogP contribution in [0.2, 0.25) is 0 Å². The van der Waals surface area contributed by atoms with E-state index in [9.17, 15) is 0 Å². The fourth-order valence-corrected chi connectivity index (χ4v) is 4.09. The summed E-state index contributed by atoms with van der Waals surface area (Å²) in [6, 6.07) is 0.367. The standard InChI is InChI=1S/C23H37N3O/c1-6-11-18(3)20(7-2)17-27-23-15-14-22(16-24-5)25-26(23)19(4)21-12-9-8-10-13-21/h1,11,15,19-21,24H,7-10,12-14,16-17H2,2-5H3/b18-11-. The maximum Gasteiger partial charge on any atom is 0.206 e. The molecule has 0 bridgehead atoms. The number of ether oxygens (including phenoxy) is 1.